The number of amides is 2. The Balaban J connectivity index is 1.62. The van der Waals surface area contributed by atoms with E-state index in [4.69, 9.17) is 5.73 Å². The van der Waals surface area contributed by atoms with E-state index in [9.17, 15) is 18.0 Å². The van der Waals surface area contributed by atoms with E-state index in [1.165, 1.54) is 11.0 Å². The fraction of sp³-hybridized carbons (Fsp3) is 0.333. The first-order valence-corrected chi connectivity index (χ1v) is 14.4. The lowest BCUT2D eigenvalue weighted by molar-refractivity contribution is -0.127. The van der Waals surface area contributed by atoms with Gasteiger partial charge in [0.2, 0.25) is 0 Å². The van der Waals surface area contributed by atoms with Gasteiger partial charge in [-0.2, -0.15) is 4.31 Å². The van der Waals surface area contributed by atoms with Crippen LogP contribution in [0.2, 0.25) is 0 Å². The molecule has 37 heavy (non-hydrogen) atoms. The number of sulfonamides is 1. The maximum absolute atomic E-state index is 13.6. The first kappa shape index (κ1) is 27.0. The van der Waals surface area contributed by atoms with Crippen molar-refractivity contribution in [2.75, 3.05) is 13.1 Å². The van der Waals surface area contributed by atoms with Crippen LogP contribution in [-0.4, -0.2) is 48.7 Å². The van der Waals surface area contributed by atoms with E-state index >= 15 is 0 Å². The van der Waals surface area contributed by atoms with Crippen molar-refractivity contribution in [3.8, 4) is 0 Å². The van der Waals surface area contributed by atoms with Gasteiger partial charge in [-0.15, -0.1) is 11.3 Å². The summed E-state index contributed by atoms with van der Waals surface area (Å²) in [6.07, 6.45) is -1.31. The zero-order chi connectivity index (χ0) is 26.8. The first-order valence-electron chi connectivity index (χ1n) is 12.0. The van der Waals surface area contributed by atoms with Crippen LogP contribution in [0.4, 0.5) is 0 Å². The third kappa shape index (κ3) is 5.77. The van der Waals surface area contributed by atoms with Gasteiger partial charge in [0.25, 0.3) is 21.8 Å². The number of rotatable bonds is 7. The molecule has 0 aliphatic carbocycles. The van der Waals surface area contributed by atoms with Gasteiger partial charge in [0, 0.05) is 31.7 Å². The van der Waals surface area contributed by atoms with Crippen LogP contribution in [0.5, 0.6) is 0 Å². The summed E-state index contributed by atoms with van der Waals surface area (Å²) in [5.41, 5.74) is 8.87. The summed E-state index contributed by atoms with van der Waals surface area (Å²) in [7, 11) is -3.98. The number of carbonyl (C=O) groups is 2. The molecule has 0 spiro atoms. The van der Waals surface area contributed by atoms with Crippen LogP contribution >= 0.6 is 11.3 Å². The van der Waals surface area contributed by atoms with E-state index in [0.717, 1.165) is 32.3 Å². The molecule has 1 saturated heterocycles. The van der Waals surface area contributed by atoms with Crippen molar-refractivity contribution in [1.29, 1.82) is 0 Å². The molecule has 1 fully saturated rings. The van der Waals surface area contributed by atoms with Crippen LogP contribution in [0.1, 0.15) is 47.8 Å². The standard InChI is InChI=1S/C27H32N4O4S2/c1-27(2,3)22-11-9-21(10-12-22)26(33)30-13-14-31(37(34,35)23-8-5-15-36-23)25(30)24(32)29-18-20-7-4-6-19(16-20)17-28/h4-12,15-16,25H,13-14,17-18,28H2,1-3H3,(H,29,32). The number of nitrogens with two attached hydrogens (primary N) is 1. The van der Waals surface area contributed by atoms with Crippen LogP contribution in [0.3, 0.4) is 0 Å². The SMILES string of the molecule is CC(C)(C)c1ccc(C(=O)N2CCN(S(=O)(=O)c3cccs3)C2C(=O)NCc2cccc(CN)c2)cc1. The third-order valence-electron chi connectivity index (χ3n) is 6.37. The number of nitrogens with zero attached hydrogens (tertiary/aromatic N) is 2. The highest BCUT2D eigenvalue weighted by atomic mass is 32.2. The Labute approximate surface area is 222 Å². The fourth-order valence-electron chi connectivity index (χ4n) is 4.29. The third-order valence-corrected chi connectivity index (χ3v) is 9.60. The van der Waals surface area contributed by atoms with Gasteiger partial charge in [0.05, 0.1) is 0 Å². The topological polar surface area (TPSA) is 113 Å². The monoisotopic (exact) mass is 540 g/mol. The second-order valence-corrected chi connectivity index (χ2v) is 13.1. The Kier molecular flexibility index (Phi) is 7.84. The molecule has 0 bridgehead atoms. The average Bonchev–Trinajstić information content (AvgIpc) is 3.58. The zero-order valence-electron chi connectivity index (χ0n) is 21.2. The Morgan fingerprint density at radius 2 is 1.73 bits per heavy atom. The summed E-state index contributed by atoms with van der Waals surface area (Å²) in [5.74, 6) is -0.954. The predicted molar refractivity (Wildman–Crippen MR) is 144 cm³/mol. The van der Waals surface area contributed by atoms with Gasteiger partial charge < -0.3 is 16.0 Å². The second kappa shape index (κ2) is 10.7. The molecular formula is C27H32N4O4S2. The van der Waals surface area contributed by atoms with E-state index in [2.05, 4.69) is 26.1 Å². The number of hydrogen-bond donors (Lipinski definition) is 2. The van der Waals surface area contributed by atoms with Crippen molar-refractivity contribution >= 4 is 33.2 Å². The normalized spacial score (nSPS) is 16.6. The van der Waals surface area contributed by atoms with Gasteiger partial charge in [-0.05, 0) is 45.7 Å². The highest BCUT2D eigenvalue weighted by molar-refractivity contribution is 7.91. The van der Waals surface area contributed by atoms with Crippen LogP contribution in [0.25, 0.3) is 0 Å². The van der Waals surface area contributed by atoms with Crippen molar-refractivity contribution in [1.82, 2.24) is 14.5 Å². The molecule has 2 heterocycles. The van der Waals surface area contributed by atoms with Gasteiger partial charge >= 0.3 is 0 Å². The first-order chi connectivity index (χ1) is 17.5. The number of thiophene rings is 1. The molecule has 1 aliphatic rings. The van der Waals surface area contributed by atoms with Crippen LogP contribution in [0.15, 0.2) is 70.3 Å². The minimum Gasteiger partial charge on any atom is -0.349 e. The molecule has 196 valence electrons. The molecule has 0 radical (unpaired) electrons. The quantitative estimate of drug-likeness (QED) is 0.478. The second-order valence-electron chi connectivity index (χ2n) is 9.99. The van der Waals surface area contributed by atoms with Crippen molar-refractivity contribution in [3.05, 3.63) is 88.3 Å². The van der Waals surface area contributed by atoms with Crippen LogP contribution in [-0.2, 0) is 33.3 Å². The van der Waals surface area contributed by atoms with Crippen molar-refractivity contribution in [2.45, 2.75) is 49.7 Å². The molecule has 1 unspecified atom stereocenters. The summed E-state index contributed by atoms with van der Waals surface area (Å²) in [4.78, 5) is 28.4. The van der Waals surface area contributed by atoms with Crippen LogP contribution in [0, 0.1) is 0 Å². The lowest BCUT2D eigenvalue weighted by atomic mass is 9.86. The Hall–Kier alpha value is -3.05. The highest BCUT2D eigenvalue weighted by Gasteiger charge is 2.46. The number of hydrogen-bond acceptors (Lipinski definition) is 6. The van der Waals surface area contributed by atoms with E-state index in [1.54, 1.807) is 23.6 Å². The van der Waals surface area contributed by atoms with Gasteiger partial charge in [0.15, 0.2) is 6.17 Å². The maximum Gasteiger partial charge on any atom is 0.259 e. The Morgan fingerprint density at radius 1 is 1.03 bits per heavy atom. The molecule has 1 aromatic heterocycles. The summed E-state index contributed by atoms with van der Waals surface area (Å²) in [6.45, 7) is 6.92. The average molecular weight is 541 g/mol. The molecule has 1 atom stereocenters. The summed E-state index contributed by atoms with van der Waals surface area (Å²) in [5, 5.41) is 4.50. The Morgan fingerprint density at radius 3 is 2.35 bits per heavy atom. The largest absolute Gasteiger partial charge is 0.349 e. The van der Waals surface area contributed by atoms with Crippen molar-refractivity contribution in [3.63, 3.8) is 0 Å². The smallest absolute Gasteiger partial charge is 0.259 e. The van der Waals surface area contributed by atoms with Crippen LogP contribution < -0.4 is 11.1 Å². The molecule has 10 heteroatoms. The summed E-state index contributed by atoms with van der Waals surface area (Å²) in [6, 6.07) is 17.9. The summed E-state index contributed by atoms with van der Waals surface area (Å²) >= 11 is 1.08. The van der Waals surface area contributed by atoms with Gasteiger partial charge in [0.1, 0.15) is 4.21 Å². The lowest BCUT2D eigenvalue weighted by Crippen LogP contribution is -2.53. The molecule has 4 rings (SSSR count). The minimum absolute atomic E-state index is 0.0206. The molecule has 8 nitrogen and oxygen atoms in total. The Bertz CT molecular complexity index is 1360. The molecular weight excluding hydrogens is 508 g/mol. The fourth-order valence-corrected chi connectivity index (χ4v) is 6.96. The summed E-state index contributed by atoms with van der Waals surface area (Å²) < 4.78 is 28.1. The highest BCUT2D eigenvalue weighted by Crippen LogP contribution is 2.29. The van der Waals surface area contributed by atoms with Gasteiger partial charge in [-0.25, -0.2) is 8.42 Å². The minimum atomic E-state index is -3.98. The van der Waals surface area contributed by atoms with E-state index in [-0.39, 0.29) is 29.3 Å². The van der Waals surface area contributed by atoms with Crippen molar-refractivity contribution in [2.24, 2.45) is 5.73 Å². The molecule has 2 aromatic carbocycles. The molecule has 1 aliphatic heterocycles. The predicted octanol–water partition coefficient (Wildman–Crippen LogP) is 3.29. The number of benzene rings is 2. The van der Waals surface area contributed by atoms with Gasteiger partial charge in [-0.3, -0.25) is 9.59 Å². The lowest BCUT2D eigenvalue weighted by Gasteiger charge is -2.28. The van der Waals surface area contributed by atoms with E-state index in [0.29, 0.717) is 12.1 Å². The number of nitrogens with one attached hydrogen (secondary N) is 1. The molecule has 2 amide bonds. The molecule has 0 saturated carbocycles. The molecule has 3 aromatic rings. The van der Waals surface area contributed by atoms with Crippen molar-refractivity contribution < 1.29 is 18.0 Å². The van der Waals surface area contributed by atoms with Gasteiger partial charge in [-0.1, -0.05) is 63.2 Å². The maximum atomic E-state index is 13.6. The van der Waals surface area contributed by atoms with E-state index < -0.39 is 28.0 Å². The zero-order valence-corrected chi connectivity index (χ0v) is 22.8. The van der Waals surface area contributed by atoms with E-state index in [1.807, 2.05) is 36.4 Å². The molecule has 3 N–H and O–H groups in total. The number of carbonyl (C=O) groups excluding carboxylic acids is 2.